The number of nitrogens with zero attached hydrogens (tertiary/aromatic N) is 2. The predicted octanol–water partition coefficient (Wildman–Crippen LogP) is 2.87. The summed E-state index contributed by atoms with van der Waals surface area (Å²) < 4.78 is 0. The van der Waals surface area contributed by atoms with Gasteiger partial charge in [-0.25, -0.2) is 0 Å². The maximum atomic E-state index is 10.8. The van der Waals surface area contributed by atoms with Crippen molar-refractivity contribution in [2.75, 3.05) is 18.0 Å². The van der Waals surface area contributed by atoms with E-state index < -0.39 is 0 Å². The summed E-state index contributed by atoms with van der Waals surface area (Å²) in [7, 11) is 0. The standard InChI is InChI=1S/C16H19N3O2/c1-13-11-15(19(20)21)7-8-16(13)18(10-9-17)12-14-5-3-2-4-6-14/h2-8,11H,9-10,12,17H2,1H3. The molecule has 110 valence electrons. The summed E-state index contributed by atoms with van der Waals surface area (Å²) in [5.41, 5.74) is 8.86. The van der Waals surface area contributed by atoms with Crippen LogP contribution < -0.4 is 10.6 Å². The number of nitrogens with two attached hydrogens (primary N) is 1. The van der Waals surface area contributed by atoms with Crippen LogP contribution in [0.25, 0.3) is 0 Å². The van der Waals surface area contributed by atoms with E-state index in [2.05, 4.69) is 17.0 Å². The predicted molar refractivity (Wildman–Crippen MR) is 84.4 cm³/mol. The number of benzene rings is 2. The van der Waals surface area contributed by atoms with Gasteiger partial charge in [-0.1, -0.05) is 30.3 Å². The topological polar surface area (TPSA) is 72.4 Å². The van der Waals surface area contributed by atoms with Crippen molar-refractivity contribution < 1.29 is 4.92 Å². The molecule has 5 nitrogen and oxygen atoms in total. The van der Waals surface area contributed by atoms with Gasteiger partial charge in [0.15, 0.2) is 0 Å². The van der Waals surface area contributed by atoms with E-state index in [1.54, 1.807) is 12.1 Å². The molecule has 0 spiro atoms. The molecule has 0 fully saturated rings. The Kier molecular flexibility index (Phi) is 4.90. The number of anilines is 1. The van der Waals surface area contributed by atoms with Crippen LogP contribution >= 0.6 is 0 Å². The third kappa shape index (κ3) is 3.79. The lowest BCUT2D eigenvalue weighted by Crippen LogP contribution is -2.29. The van der Waals surface area contributed by atoms with Gasteiger partial charge in [-0.2, -0.15) is 0 Å². The number of non-ortho nitro benzene ring substituents is 1. The van der Waals surface area contributed by atoms with Crippen LogP contribution in [0.5, 0.6) is 0 Å². The molecule has 2 N–H and O–H groups in total. The number of nitro benzene ring substituents is 1. The van der Waals surface area contributed by atoms with Crippen molar-refractivity contribution in [2.45, 2.75) is 13.5 Å². The van der Waals surface area contributed by atoms with Crippen LogP contribution in [0.15, 0.2) is 48.5 Å². The third-order valence-electron chi connectivity index (χ3n) is 3.35. The Hall–Kier alpha value is -2.40. The number of nitro groups is 1. The molecule has 0 aliphatic carbocycles. The molecule has 0 saturated carbocycles. The fourth-order valence-corrected chi connectivity index (χ4v) is 2.35. The van der Waals surface area contributed by atoms with E-state index in [-0.39, 0.29) is 10.6 Å². The lowest BCUT2D eigenvalue weighted by molar-refractivity contribution is -0.384. The molecule has 0 amide bonds. The molecule has 0 radical (unpaired) electrons. The van der Waals surface area contributed by atoms with Crippen molar-refractivity contribution in [3.05, 3.63) is 69.8 Å². The zero-order valence-electron chi connectivity index (χ0n) is 12.0. The Morgan fingerprint density at radius 1 is 1.19 bits per heavy atom. The van der Waals surface area contributed by atoms with E-state index in [0.29, 0.717) is 13.1 Å². The van der Waals surface area contributed by atoms with E-state index in [1.807, 2.05) is 25.1 Å². The summed E-state index contributed by atoms with van der Waals surface area (Å²) >= 11 is 0. The maximum absolute atomic E-state index is 10.8. The minimum absolute atomic E-state index is 0.114. The highest BCUT2D eigenvalue weighted by atomic mass is 16.6. The normalized spacial score (nSPS) is 10.4. The summed E-state index contributed by atoms with van der Waals surface area (Å²) in [5.74, 6) is 0. The molecule has 0 atom stereocenters. The molecule has 0 aliphatic rings. The van der Waals surface area contributed by atoms with Crippen LogP contribution in [0.2, 0.25) is 0 Å². The van der Waals surface area contributed by atoms with Gasteiger partial charge in [-0.15, -0.1) is 0 Å². The van der Waals surface area contributed by atoms with Crippen LogP contribution in [0, 0.1) is 17.0 Å². The number of aryl methyl sites for hydroxylation is 1. The molecular formula is C16H19N3O2. The minimum Gasteiger partial charge on any atom is -0.366 e. The Morgan fingerprint density at radius 2 is 1.90 bits per heavy atom. The van der Waals surface area contributed by atoms with Crippen molar-refractivity contribution in [1.82, 2.24) is 0 Å². The highest BCUT2D eigenvalue weighted by molar-refractivity contribution is 5.57. The Balaban J connectivity index is 2.27. The molecular weight excluding hydrogens is 266 g/mol. The molecule has 2 rings (SSSR count). The molecule has 2 aromatic rings. The molecule has 0 aliphatic heterocycles. The molecule has 21 heavy (non-hydrogen) atoms. The second kappa shape index (κ2) is 6.85. The van der Waals surface area contributed by atoms with Gasteiger partial charge >= 0.3 is 0 Å². The second-order valence-electron chi connectivity index (χ2n) is 4.92. The van der Waals surface area contributed by atoms with Gasteiger partial charge in [0, 0.05) is 37.5 Å². The lowest BCUT2D eigenvalue weighted by atomic mass is 10.1. The summed E-state index contributed by atoms with van der Waals surface area (Å²) in [5, 5.41) is 10.8. The quantitative estimate of drug-likeness (QED) is 0.654. The van der Waals surface area contributed by atoms with E-state index in [9.17, 15) is 10.1 Å². The number of hydrogen-bond acceptors (Lipinski definition) is 4. The summed E-state index contributed by atoms with van der Waals surface area (Å²) in [6.45, 7) is 3.85. The van der Waals surface area contributed by atoms with Crippen molar-refractivity contribution in [3.63, 3.8) is 0 Å². The smallest absolute Gasteiger partial charge is 0.269 e. The summed E-state index contributed by atoms with van der Waals surface area (Å²) in [6.07, 6.45) is 0. The first-order valence-corrected chi connectivity index (χ1v) is 6.86. The first-order valence-electron chi connectivity index (χ1n) is 6.86. The molecule has 0 saturated heterocycles. The average molecular weight is 285 g/mol. The van der Waals surface area contributed by atoms with Crippen molar-refractivity contribution in [1.29, 1.82) is 0 Å². The van der Waals surface area contributed by atoms with Crippen LogP contribution in [0.3, 0.4) is 0 Å². The van der Waals surface area contributed by atoms with Crippen molar-refractivity contribution in [2.24, 2.45) is 5.73 Å². The minimum atomic E-state index is -0.374. The summed E-state index contributed by atoms with van der Waals surface area (Å²) in [6, 6.07) is 15.0. The summed E-state index contributed by atoms with van der Waals surface area (Å²) in [4.78, 5) is 12.6. The molecule has 0 bridgehead atoms. The maximum Gasteiger partial charge on any atom is 0.269 e. The SMILES string of the molecule is Cc1cc([N+](=O)[O-])ccc1N(CCN)Cc1ccccc1. The van der Waals surface area contributed by atoms with Crippen molar-refractivity contribution >= 4 is 11.4 Å². The number of rotatable bonds is 6. The zero-order valence-corrected chi connectivity index (χ0v) is 12.0. The Labute approximate surface area is 124 Å². The van der Waals surface area contributed by atoms with E-state index in [1.165, 1.54) is 11.6 Å². The van der Waals surface area contributed by atoms with Gasteiger partial charge in [0.2, 0.25) is 0 Å². The van der Waals surface area contributed by atoms with E-state index in [4.69, 9.17) is 5.73 Å². The Morgan fingerprint density at radius 3 is 2.48 bits per heavy atom. The van der Waals surface area contributed by atoms with Gasteiger partial charge in [-0.05, 0) is 24.1 Å². The first-order chi connectivity index (χ1) is 10.1. The highest BCUT2D eigenvalue weighted by Crippen LogP contribution is 2.25. The first kappa shape index (κ1) is 15.0. The fourth-order valence-electron chi connectivity index (χ4n) is 2.35. The van der Waals surface area contributed by atoms with Gasteiger partial charge < -0.3 is 10.6 Å². The van der Waals surface area contributed by atoms with Crippen LogP contribution in [0.4, 0.5) is 11.4 Å². The van der Waals surface area contributed by atoms with Gasteiger partial charge in [0.05, 0.1) is 4.92 Å². The third-order valence-corrected chi connectivity index (χ3v) is 3.35. The molecule has 5 heteroatoms. The van der Waals surface area contributed by atoms with Crippen LogP contribution in [-0.2, 0) is 6.54 Å². The molecule has 2 aromatic carbocycles. The van der Waals surface area contributed by atoms with E-state index in [0.717, 1.165) is 17.8 Å². The average Bonchev–Trinajstić information content (AvgIpc) is 2.48. The zero-order chi connectivity index (χ0) is 15.2. The lowest BCUT2D eigenvalue weighted by Gasteiger charge is -2.26. The fraction of sp³-hybridized carbons (Fsp3) is 0.250. The van der Waals surface area contributed by atoms with Gasteiger partial charge in [0.25, 0.3) is 5.69 Å². The van der Waals surface area contributed by atoms with Crippen LogP contribution in [0.1, 0.15) is 11.1 Å². The van der Waals surface area contributed by atoms with Crippen molar-refractivity contribution in [3.8, 4) is 0 Å². The monoisotopic (exact) mass is 285 g/mol. The van der Waals surface area contributed by atoms with Gasteiger partial charge in [-0.3, -0.25) is 10.1 Å². The highest BCUT2D eigenvalue weighted by Gasteiger charge is 2.13. The van der Waals surface area contributed by atoms with E-state index >= 15 is 0 Å². The Bertz CT molecular complexity index is 614. The molecule has 0 unspecified atom stereocenters. The number of hydrogen-bond donors (Lipinski definition) is 1. The van der Waals surface area contributed by atoms with Gasteiger partial charge in [0.1, 0.15) is 0 Å². The largest absolute Gasteiger partial charge is 0.366 e. The second-order valence-corrected chi connectivity index (χ2v) is 4.92. The molecule has 0 heterocycles. The van der Waals surface area contributed by atoms with Crippen LogP contribution in [-0.4, -0.2) is 18.0 Å². The molecule has 0 aromatic heterocycles.